The molecule has 0 radical (unpaired) electrons. The summed E-state index contributed by atoms with van der Waals surface area (Å²) in [6.07, 6.45) is 4.05. The van der Waals surface area contributed by atoms with Gasteiger partial charge in [0.2, 0.25) is 0 Å². The minimum absolute atomic E-state index is 0.145. The second kappa shape index (κ2) is 4.05. The zero-order chi connectivity index (χ0) is 10.8. The number of carbonyl (C=O) groups excluding carboxylic acids is 1. The normalized spacial score (nSPS) is 21.8. The largest absolute Gasteiger partial charge is 0.508 e. The van der Waals surface area contributed by atoms with E-state index in [0.717, 1.165) is 25.5 Å². The summed E-state index contributed by atoms with van der Waals surface area (Å²) in [6.45, 7) is 1.99. The molecule has 2 atom stereocenters. The van der Waals surface area contributed by atoms with Gasteiger partial charge >= 0.3 is 0 Å². The molecule has 2 nitrogen and oxygen atoms in total. The lowest BCUT2D eigenvalue weighted by molar-refractivity contribution is -0.112. The lowest BCUT2D eigenvalue weighted by Gasteiger charge is -2.26. The first-order valence-corrected chi connectivity index (χ1v) is 5.46. The van der Waals surface area contributed by atoms with Gasteiger partial charge in [0, 0.05) is 5.92 Å². The molecule has 15 heavy (non-hydrogen) atoms. The van der Waals surface area contributed by atoms with E-state index in [0.29, 0.717) is 11.7 Å². The van der Waals surface area contributed by atoms with Crippen LogP contribution in [0.5, 0.6) is 5.75 Å². The van der Waals surface area contributed by atoms with Crippen molar-refractivity contribution in [2.75, 3.05) is 0 Å². The van der Waals surface area contributed by atoms with Gasteiger partial charge in [-0.15, -0.1) is 0 Å². The molecule has 1 N–H and O–H groups in total. The zero-order valence-electron chi connectivity index (χ0n) is 8.94. The van der Waals surface area contributed by atoms with Crippen molar-refractivity contribution in [2.45, 2.75) is 26.2 Å². The molecule has 0 spiro atoms. The molecule has 0 fully saturated rings. The number of carbonyl (C=O) groups is 1. The van der Waals surface area contributed by atoms with Crippen molar-refractivity contribution in [3.8, 4) is 5.75 Å². The van der Waals surface area contributed by atoms with E-state index in [2.05, 4.69) is 0 Å². The van der Waals surface area contributed by atoms with Crippen LogP contribution in [-0.2, 0) is 17.6 Å². The van der Waals surface area contributed by atoms with Crippen molar-refractivity contribution in [1.82, 2.24) is 0 Å². The summed E-state index contributed by atoms with van der Waals surface area (Å²) < 4.78 is 0. The van der Waals surface area contributed by atoms with E-state index in [9.17, 15) is 9.90 Å². The van der Waals surface area contributed by atoms with Crippen LogP contribution in [0.1, 0.15) is 24.5 Å². The van der Waals surface area contributed by atoms with Gasteiger partial charge in [0.1, 0.15) is 12.0 Å². The fraction of sp³-hybridized carbons (Fsp3) is 0.462. The van der Waals surface area contributed by atoms with Crippen molar-refractivity contribution >= 4 is 6.29 Å². The Bertz CT molecular complexity index is 371. The van der Waals surface area contributed by atoms with Crippen molar-refractivity contribution in [3.05, 3.63) is 29.3 Å². The predicted molar refractivity (Wildman–Crippen MR) is 58.8 cm³/mol. The highest BCUT2D eigenvalue weighted by Crippen LogP contribution is 2.31. The Kier molecular flexibility index (Phi) is 2.76. The molecule has 0 bridgehead atoms. The molecule has 2 heteroatoms. The van der Waals surface area contributed by atoms with Crippen LogP contribution >= 0.6 is 0 Å². The summed E-state index contributed by atoms with van der Waals surface area (Å²) in [6, 6.07) is 5.55. The van der Waals surface area contributed by atoms with Crippen LogP contribution in [-0.4, -0.2) is 11.4 Å². The monoisotopic (exact) mass is 204 g/mol. The molecule has 1 aliphatic carbocycles. The Labute approximate surface area is 89.9 Å². The highest BCUT2D eigenvalue weighted by atomic mass is 16.3. The standard InChI is InChI=1S/C13H16O2/c1-9(8-14)10-2-3-12-7-13(15)5-4-11(12)6-10/h4-5,7-10,15H,2-3,6H2,1H3. The first-order valence-electron chi connectivity index (χ1n) is 5.46. The number of phenolic OH excluding ortho intramolecular Hbond substituents is 1. The maximum atomic E-state index is 10.7. The summed E-state index contributed by atoms with van der Waals surface area (Å²) in [5, 5.41) is 9.35. The minimum atomic E-state index is 0.145. The number of aryl methyl sites for hydroxylation is 1. The van der Waals surface area contributed by atoms with Crippen LogP contribution in [0.3, 0.4) is 0 Å². The third-order valence-corrected chi connectivity index (χ3v) is 3.41. The molecule has 80 valence electrons. The van der Waals surface area contributed by atoms with Gasteiger partial charge in [0.25, 0.3) is 0 Å². The van der Waals surface area contributed by atoms with Gasteiger partial charge in [-0.1, -0.05) is 13.0 Å². The lowest BCUT2D eigenvalue weighted by atomic mass is 9.78. The molecule has 2 unspecified atom stereocenters. The number of rotatable bonds is 2. The molecular formula is C13H16O2. The summed E-state index contributed by atoms with van der Waals surface area (Å²) in [4.78, 5) is 10.7. The predicted octanol–water partition coefficient (Wildman–Crippen LogP) is 2.33. The number of hydrogen-bond donors (Lipinski definition) is 1. The molecule has 1 aromatic carbocycles. The van der Waals surface area contributed by atoms with Gasteiger partial charge in [-0.3, -0.25) is 0 Å². The van der Waals surface area contributed by atoms with Gasteiger partial charge in [0.05, 0.1) is 0 Å². The van der Waals surface area contributed by atoms with Crippen LogP contribution in [0.15, 0.2) is 18.2 Å². The number of aldehydes is 1. The van der Waals surface area contributed by atoms with Crippen LogP contribution < -0.4 is 0 Å². The Balaban J connectivity index is 2.20. The van der Waals surface area contributed by atoms with E-state index >= 15 is 0 Å². The van der Waals surface area contributed by atoms with Crippen LogP contribution in [0, 0.1) is 11.8 Å². The molecule has 0 saturated carbocycles. The first-order chi connectivity index (χ1) is 7.20. The molecular weight excluding hydrogens is 188 g/mol. The highest BCUT2D eigenvalue weighted by Gasteiger charge is 2.23. The second-order valence-corrected chi connectivity index (χ2v) is 4.45. The average Bonchev–Trinajstić information content (AvgIpc) is 2.27. The quantitative estimate of drug-likeness (QED) is 0.751. The Morgan fingerprint density at radius 1 is 1.47 bits per heavy atom. The SMILES string of the molecule is CC(C=O)C1CCc2cc(O)ccc2C1. The number of benzene rings is 1. The number of aromatic hydroxyl groups is 1. The number of phenols is 1. The molecule has 0 aromatic heterocycles. The second-order valence-electron chi connectivity index (χ2n) is 4.45. The van der Waals surface area contributed by atoms with Crippen LogP contribution in [0.4, 0.5) is 0 Å². The smallest absolute Gasteiger partial charge is 0.123 e. The van der Waals surface area contributed by atoms with Gasteiger partial charge in [-0.2, -0.15) is 0 Å². The van der Waals surface area contributed by atoms with Gasteiger partial charge < -0.3 is 9.90 Å². The highest BCUT2D eigenvalue weighted by molar-refractivity contribution is 5.53. The van der Waals surface area contributed by atoms with Gasteiger partial charge in [0.15, 0.2) is 0 Å². The summed E-state index contributed by atoms with van der Waals surface area (Å²) >= 11 is 0. The molecule has 0 heterocycles. The lowest BCUT2D eigenvalue weighted by Crippen LogP contribution is -2.21. The maximum absolute atomic E-state index is 10.7. The summed E-state index contributed by atoms with van der Waals surface area (Å²) in [5.41, 5.74) is 2.53. The van der Waals surface area contributed by atoms with Crippen LogP contribution in [0.2, 0.25) is 0 Å². The summed E-state index contributed by atoms with van der Waals surface area (Å²) in [5.74, 6) is 0.960. The number of hydrogen-bond acceptors (Lipinski definition) is 2. The summed E-state index contributed by atoms with van der Waals surface area (Å²) in [7, 11) is 0. The van der Waals surface area contributed by atoms with Gasteiger partial charge in [-0.05, 0) is 48.4 Å². The van der Waals surface area contributed by atoms with E-state index in [1.54, 1.807) is 6.07 Å². The van der Waals surface area contributed by atoms with Crippen LogP contribution in [0.25, 0.3) is 0 Å². The molecule has 0 saturated heterocycles. The molecule has 1 aromatic rings. The minimum Gasteiger partial charge on any atom is -0.508 e. The fourth-order valence-corrected chi connectivity index (χ4v) is 2.33. The van der Waals surface area contributed by atoms with E-state index in [1.807, 2.05) is 19.1 Å². The fourth-order valence-electron chi connectivity index (χ4n) is 2.33. The third kappa shape index (κ3) is 2.04. The topological polar surface area (TPSA) is 37.3 Å². The molecule has 2 rings (SSSR count). The Morgan fingerprint density at radius 2 is 2.27 bits per heavy atom. The van der Waals surface area contributed by atoms with E-state index in [4.69, 9.17) is 0 Å². The maximum Gasteiger partial charge on any atom is 0.123 e. The molecule has 1 aliphatic rings. The molecule has 0 amide bonds. The van der Waals surface area contributed by atoms with Gasteiger partial charge in [-0.25, -0.2) is 0 Å². The Hall–Kier alpha value is -1.31. The van der Waals surface area contributed by atoms with E-state index in [-0.39, 0.29) is 5.92 Å². The van der Waals surface area contributed by atoms with Crippen molar-refractivity contribution in [1.29, 1.82) is 0 Å². The molecule has 0 aliphatic heterocycles. The first kappa shape index (κ1) is 10.2. The Morgan fingerprint density at radius 3 is 3.00 bits per heavy atom. The average molecular weight is 204 g/mol. The van der Waals surface area contributed by atoms with Crippen molar-refractivity contribution < 1.29 is 9.90 Å². The van der Waals surface area contributed by atoms with Crippen molar-refractivity contribution in [2.24, 2.45) is 11.8 Å². The van der Waals surface area contributed by atoms with E-state index < -0.39 is 0 Å². The number of fused-ring (bicyclic) bond motifs is 1. The zero-order valence-corrected chi connectivity index (χ0v) is 8.94. The van der Waals surface area contributed by atoms with E-state index in [1.165, 1.54) is 11.1 Å². The third-order valence-electron chi connectivity index (χ3n) is 3.41. The van der Waals surface area contributed by atoms with Crippen molar-refractivity contribution in [3.63, 3.8) is 0 Å².